The van der Waals surface area contributed by atoms with Gasteiger partial charge in [0.05, 0.1) is 13.0 Å². The Kier molecular flexibility index (Phi) is 21.7. The Balaban J connectivity index is 0.000000413. The summed E-state index contributed by atoms with van der Waals surface area (Å²) in [4.78, 5) is 21.8. The minimum absolute atomic E-state index is 0.337. The van der Waals surface area contributed by atoms with Crippen molar-refractivity contribution >= 4 is 11.9 Å². The average Bonchev–Trinajstić information content (AvgIpc) is 2.98. The van der Waals surface area contributed by atoms with Crippen LogP contribution in [0.2, 0.25) is 0 Å². The molecule has 5 heteroatoms. The van der Waals surface area contributed by atoms with Gasteiger partial charge in [-0.05, 0) is 61.8 Å². The van der Waals surface area contributed by atoms with E-state index in [9.17, 15) is 14.7 Å². The highest BCUT2D eigenvalue weighted by Crippen LogP contribution is 2.22. The number of methoxy groups -OCH3 is 1. The molecule has 0 bridgehead atoms. The number of carboxylic acids is 2. The highest BCUT2D eigenvalue weighted by molar-refractivity contribution is 5.76. The highest BCUT2D eigenvalue weighted by atomic mass is 16.5. The van der Waals surface area contributed by atoms with Gasteiger partial charge in [-0.2, -0.15) is 0 Å². The number of hydrogen-bond acceptors (Lipinski definition) is 3. The number of allylic oxidation sites excluding steroid dienone is 2. The van der Waals surface area contributed by atoms with Crippen molar-refractivity contribution in [2.24, 2.45) is 0 Å². The third-order valence-electron chi connectivity index (χ3n) is 7.25. The first-order valence-corrected chi connectivity index (χ1v) is 15.7. The Bertz CT molecular complexity index is 936. The molecule has 2 N–H and O–H groups in total. The molecule has 1 atom stereocenters. The lowest BCUT2D eigenvalue weighted by molar-refractivity contribution is -0.139. The number of carbonyl (C=O) groups is 2. The summed E-state index contributed by atoms with van der Waals surface area (Å²) in [6.45, 7) is 2.27. The number of aliphatic carboxylic acids is 2. The minimum atomic E-state index is -0.804. The van der Waals surface area contributed by atoms with Crippen LogP contribution in [0.1, 0.15) is 127 Å². The molecule has 41 heavy (non-hydrogen) atoms. The fourth-order valence-corrected chi connectivity index (χ4v) is 4.73. The Hall–Kier alpha value is -3.08. The molecule has 1 unspecified atom stereocenters. The standard InChI is InChI=1S/C20H38O2.C16H16O3/c1-2-3-4-5-6-7-8-9-10-11-12-13-14-15-16-17-18-19-20(21)22;1-19-14-9-7-12(8-10-14)11-15(16(17)18)13-5-3-2-4-6-13/h9-10H,2-8,11-19H2,1H3,(H,21,22);2-10,15H,11H2,1H3,(H,17,18). The van der Waals surface area contributed by atoms with E-state index < -0.39 is 17.9 Å². The Morgan fingerprint density at radius 2 is 1.22 bits per heavy atom. The van der Waals surface area contributed by atoms with Crippen LogP contribution in [-0.2, 0) is 16.0 Å². The van der Waals surface area contributed by atoms with Crippen molar-refractivity contribution in [1.82, 2.24) is 0 Å². The number of carboxylic acid groups (broad SMARTS) is 2. The van der Waals surface area contributed by atoms with Crippen molar-refractivity contribution in [3.63, 3.8) is 0 Å². The van der Waals surface area contributed by atoms with Gasteiger partial charge in [0.25, 0.3) is 0 Å². The molecule has 0 amide bonds. The van der Waals surface area contributed by atoms with Crippen molar-refractivity contribution in [3.05, 3.63) is 77.9 Å². The second-order valence-corrected chi connectivity index (χ2v) is 10.8. The maximum absolute atomic E-state index is 11.4. The van der Waals surface area contributed by atoms with Crippen molar-refractivity contribution in [3.8, 4) is 5.75 Å². The molecule has 2 rings (SSSR count). The van der Waals surface area contributed by atoms with E-state index in [1.165, 1.54) is 83.5 Å². The van der Waals surface area contributed by atoms with Crippen molar-refractivity contribution < 1.29 is 24.5 Å². The molecule has 5 nitrogen and oxygen atoms in total. The second kappa shape index (κ2) is 24.7. The number of unbranched alkanes of at least 4 members (excludes halogenated alkanes) is 13. The minimum Gasteiger partial charge on any atom is -0.497 e. The van der Waals surface area contributed by atoms with Gasteiger partial charge >= 0.3 is 11.9 Å². The summed E-state index contributed by atoms with van der Waals surface area (Å²) in [5.74, 6) is -1.21. The predicted octanol–water partition coefficient (Wildman–Crippen LogP) is 9.99. The molecule has 228 valence electrons. The summed E-state index contributed by atoms with van der Waals surface area (Å²) in [6, 6.07) is 16.8. The molecule has 0 spiro atoms. The zero-order valence-electron chi connectivity index (χ0n) is 25.6. The van der Waals surface area contributed by atoms with Gasteiger partial charge in [-0.1, -0.05) is 126 Å². The summed E-state index contributed by atoms with van der Waals surface area (Å²) in [5.41, 5.74) is 1.81. The quantitative estimate of drug-likeness (QED) is 0.109. The number of ether oxygens (including phenoxy) is 1. The molecular weight excluding hydrogens is 512 g/mol. The van der Waals surface area contributed by atoms with Gasteiger partial charge < -0.3 is 14.9 Å². The monoisotopic (exact) mass is 566 g/mol. The number of hydrogen-bond donors (Lipinski definition) is 2. The fourth-order valence-electron chi connectivity index (χ4n) is 4.73. The molecule has 0 aliphatic carbocycles. The van der Waals surface area contributed by atoms with E-state index in [1.54, 1.807) is 7.11 Å². The first-order chi connectivity index (χ1) is 20.0. The van der Waals surface area contributed by atoms with Crippen LogP contribution in [0.5, 0.6) is 5.75 Å². The summed E-state index contributed by atoms with van der Waals surface area (Å²) in [6.07, 6.45) is 24.6. The molecule has 0 aliphatic rings. The van der Waals surface area contributed by atoms with E-state index in [4.69, 9.17) is 9.84 Å². The maximum atomic E-state index is 11.4. The van der Waals surface area contributed by atoms with Crippen LogP contribution in [0.3, 0.4) is 0 Å². The van der Waals surface area contributed by atoms with E-state index in [1.807, 2.05) is 54.6 Å². The highest BCUT2D eigenvalue weighted by Gasteiger charge is 2.19. The summed E-state index contributed by atoms with van der Waals surface area (Å²) < 4.78 is 5.09. The topological polar surface area (TPSA) is 83.8 Å². The van der Waals surface area contributed by atoms with Crippen LogP contribution in [0.25, 0.3) is 0 Å². The fraction of sp³-hybridized carbons (Fsp3) is 0.556. The number of benzene rings is 2. The smallest absolute Gasteiger partial charge is 0.311 e. The van der Waals surface area contributed by atoms with E-state index in [0.29, 0.717) is 12.8 Å². The van der Waals surface area contributed by atoms with Gasteiger partial charge in [0, 0.05) is 6.42 Å². The van der Waals surface area contributed by atoms with E-state index >= 15 is 0 Å². The lowest BCUT2D eigenvalue weighted by atomic mass is 9.92. The van der Waals surface area contributed by atoms with Gasteiger partial charge in [0.2, 0.25) is 0 Å². The second-order valence-electron chi connectivity index (χ2n) is 10.8. The Labute approximate surface area is 249 Å². The first-order valence-electron chi connectivity index (χ1n) is 15.7. The van der Waals surface area contributed by atoms with E-state index in [-0.39, 0.29) is 0 Å². The molecule has 2 aromatic rings. The van der Waals surface area contributed by atoms with Gasteiger partial charge in [-0.15, -0.1) is 0 Å². The molecule has 2 aromatic carbocycles. The Morgan fingerprint density at radius 3 is 1.71 bits per heavy atom. The lowest BCUT2D eigenvalue weighted by Gasteiger charge is -2.13. The molecule has 0 fully saturated rings. The van der Waals surface area contributed by atoms with Gasteiger partial charge in [0.15, 0.2) is 0 Å². The summed E-state index contributed by atoms with van der Waals surface area (Å²) in [7, 11) is 1.61. The van der Waals surface area contributed by atoms with Crippen LogP contribution < -0.4 is 4.74 Å². The van der Waals surface area contributed by atoms with E-state index in [2.05, 4.69) is 19.1 Å². The largest absolute Gasteiger partial charge is 0.497 e. The summed E-state index contributed by atoms with van der Waals surface area (Å²) >= 11 is 0. The zero-order valence-corrected chi connectivity index (χ0v) is 25.6. The molecule has 0 saturated heterocycles. The van der Waals surface area contributed by atoms with Crippen LogP contribution >= 0.6 is 0 Å². The van der Waals surface area contributed by atoms with Gasteiger partial charge in [-0.3, -0.25) is 9.59 Å². The van der Waals surface area contributed by atoms with Crippen LogP contribution in [0.15, 0.2) is 66.7 Å². The van der Waals surface area contributed by atoms with Crippen molar-refractivity contribution in [2.75, 3.05) is 7.11 Å². The first kappa shape index (κ1) is 35.9. The number of rotatable bonds is 22. The average molecular weight is 567 g/mol. The molecule has 0 aromatic heterocycles. The summed E-state index contributed by atoms with van der Waals surface area (Å²) in [5, 5.41) is 17.9. The third kappa shape index (κ3) is 19.6. The molecule has 0 aliphatic heterocycles. The van der Waals surface area contributed by atoms with Gasteiger partial charge in [0.1, 0.15) is 5.75 Å². The van der Waals surface area contributed by atoms with E-state index in [0.717, 1.165) is 29.7 Å². The SMILES string of the molecule is CCCCCCCCC=CCCCCCCCCCC(=O)O.COc1ccc(CC(C(=O)O)c2ccccc2)cc1. The maximum Gasteiger partial charge on any atom is 0.311 e. The predicted molar refractivity (Wildman–Crippen MR) is 170 cm³/mol. The van der Waals surface area contributed by atoms with Gasteiger partial charge in [-0.25, -0.2) is 0 Å². The van der Waals surface area contributed by atoms with Crippen LogP contribution in [0.4, 0.5) is 0 Å². The van der Waals surface area contributed by atoms with Crippen LogP contribution in [0, 0.1) is 0 Å². The normalized spacial score (nSPS) is 11.6. The molecule has 0 heterocycles. The van der Waals surface area contributed by atoms with Crippen LogP contribution in [-0.4, -0.2) is 29.3 Å². The lowest BCUT2D eigenvalue weighted by Crippen LogP contribution is -2.14. The third-order valence-corrected chi connectivity index (χ3v) is 7.25. The Morgan fingerprint density at radius 1 is 0.707 bits per heavy atom. The van der Waals surface area contributed by atoms with Crippen molar-refractivity contribution in [1.29, 1.82) is 0 Å². The van der Waals surface area contributed by atoms with Crippen molar-refractivity contribution in [2.45, 2.75) is 122 Å². The molecule has 0 radical (unpaired) electrons. The zero-order chi connectivity index (χ0) is 30.0. The molecule has 0 saturated carbocycles. The molecular formula is C36H54O5.